The fourth-order valence-corrected chi connectivity index (χ4v) is 2.27. The minimum atomic E-state index is -1.10. The zero-order valence-corrected chi connectivity index (χ0v) is 11.1. The molecule has 6 nitrogen and oxygen atoms in total. The molecule has 1 aromatic heterocycles. The van der Waals surface area contributed by atoms with Gasteiger partial charge in [0.05, 0.1) is 12.8 Å². The van der Waals surface area contributed by atoms with Crippen molar-refractivity contribution < 1.29 is 19.7 Å². The second-order valence-corrected chi connectivity index (χ2v) is 4.49. The Kier molecular flexibility index (Phi) is 2.98. The third-order valence-electron chi connectivity index (χ3n) is 3.30. The number of carboxylic acids is 1. The Morgan fingerprint density at radius 1 is 1.24 bits per heavy atom. The van der Waals surface area contributed by atoms with Crippen molar-refractivity contribution in [2.24, 2.45) is 0 Å². The summed E-state index contributed by atoms with van der Waals surface area (Å²) in [4.78, 5) is 10.9. The van der Waals surface area contributed by atoms with Crippen LogP contribution in [0.5, 0.6) is 11.5 Å². The number of aromatic amines is 1. The predicted octanol–water partition coefficient (Wildman–Crippen LogP) is 2.64. The lowest BCUT2D eigenvalue weighted by atomic mass is 10.0. The van der Waals surface area contributed by atoms with Gasteiger partial charge in [-0.25, -0.2) is 4.79 Å². The van der Waals surface area contributed by atoms with Crippen LogP contribution in [0, 0.1) is 0 Å². The third kappa shape index (κ3) is 2.06. The number of fused-ring (bicyclic) bond motifs is 1. The van der Waals surface area contributed by atoms with Crippen molar-refractivity contribution in [3.05, 3.63) is 42.1 Å². The molecule has 1 heterocycles. The van der Waals surface area contributed by atoms with Gasteiger partial charge in [-0.3, -0.25) is 5.10 Å². The minimum Gasteiger partial charge on any atom is -0.507 e. The number of nitrogens with zero attached hydrogens (tertiary/aromatic N) is 1. The molecule has 2 aromatic carbocycles. The van der Waals surface area contributed by atoms with Gasteiger partial charge in [0.15, 0.2) is 0 Å². The fraction of sp³-hybridized carbons (Fsp3) is 0.0667. The zero-order chi connectivity index (χ0) is 15.0. The molecule has 3 N–H and O–H groups in total. The first-order valence-corrected chi connectivity index (χ1v) is 6.19. The number of phenols is 1. The number of benzene rings is 2. The highest BCUT2D eigenvalue weighted by Gasteiger charge is 2.15. The van der Waals surface area contributed by atoms with Gasteiger partial charge in [0, 0.05) is 16.3 Å². The second kappa shape index (κ2) is 4.82. The summed E-state index contributed by atoms with van der Waals surface area (Å²) >= 11 is 0. The van der Waals surface area contributed by atoms with Gasteiger partial charge in [-0.15, -0.1) is 0 Å². The highest BCUT2D eigenvalue weighted by molar-refractivity contribution is 5.98. The lowest BCUT2D eigenvalue weighted by molar-refractivity contribution is 0.0690. The first-order valence-electron chi connectivity index (χ1n) is 6.19. The molecular weight excluding hydrogens is 272 g/mol. The summed E-state index contributed by atoms with van der Waals surface area (Å²) in [6.07, 6.45) is 0. The molecule has 21 heavy (non-hydrogen) atoms. The maximum absolute atomic E-state index is 10.9. The summed E-state index contributed by atoms with van der Waals surface area (Å²) in [6.45, 7) is 0. The average molecular weight is 284 g/mol. The van der Waals surface area contributed by atoms with Gasteiger partial charge in [-0.2, -0.15) is 5.10 Å². The first-order chi connectivity index (χ1) is 10.1. The van der Waals surface area contributed by atoms with Crippen LogP contribution in [0.15, 0.2) is 36.4 Å². The smallest absolute Gasteiger partial charge is 0.353 e. The average Bonchev–Trinajstić information content (AvgIpc) is 2.97. The van der Waals surface area contributed by atoms with Crippen LogP contribution in [0.25, 0.3) is 22.0 Å². The number of carbonyl (C=O) groups is 1. The van der Waals surface area contributed by atoms with E-state index in [0.29, 0.717) is 22.4 Å². The van der Waals surface area contributed by atoms with Crippen LogP contribution in [0.3, 0.4) is 0 Å². The summed E-state index contributed by atoms with van der Waals surface area (Å²) in [5, 5.41) is 27.0. The van der Waals surface area contributed by atoms with E-state index in [0.717, 1.165) is 5.39 Å². The molecule has 0 fully saturated rings. The molecule has 3 aromatic rings. The molecule has 0 amide bonds. The Hall–Kier alpha value is -3.02. The van der Waals surface area contributed by atoms with E-state index in [1.807, 2.05) is 0 Å². The van der Waals surface area contributed by atoms with E-state index in [9.17, 15) is 9.90 Å². The summed E-state index contributed by atoms with van der Waals surface area (Å²) in [5.41, 5.74) is 0.796. The fourth-order valence-electron chi connectivity index (χ4n) is 2.27. The SMILES string of the molecule is COc1cccc2c(O)c(-c3cc(C(=O)O)[nH]n3)ccc12. The van der Waals surface area contributed by atoms with Gasteiger partial charge in [0.2, 0.25) is 0 Å². The number of aromatic carboxylic acids is 1. The van der Waals surface area contributed by atoms with Crippen LogP contribution in [-0.4, -0.2) is 33.5 Å². The van der Waals surface area contributed by atoms with E-state index in [-0.39, 0.29) is 11.4 Å². The van der Waals surface area contributed by atoms with Gasteiger partial charge in [0.1, 0.15) is 17.2 Å². The zero-order valence-electron chi connectivity index (χ0n) is 11.1. The quantitative estimate of drug-likeness (QED) is 0.687. The van der Waals surface area contributed by atoms with Crippen molar-refractivity contribution in [2.45, 2.75) is 0 Å². The highest BCUT2D eigenvalue weighted by Crippen LogP contribution is 2.38. The van der Waals surface area contributed by atoms with Crippen LogP contribution in [0.1, 0.15) is 10.5 Å². The minimum absolute atomic E-state index is 0.0323. The number of carboxylic acid groups (broad SMARTS) is 1. The summed E-state index contributed by atoms with van der Waals surface area (Å²) in [7, 11) is 1.56. The number of nitrogens with one attached hydrogen (secondary N) is 1. The lowest BCUT2D eigenvalue weighted by Gasteiger charge is -2.09. The molecule has 6 heteroatoms. The molecular formula is C15H12N2O4. The Morgan fingerprint density at radius 2 is 2.05 bits per heavy atom. The van der Waals surface area contributed by atoms with Crippen molar-refractivity contribution in [1.82, 2.24) is 10.2 Å². The van der Waals surface area contributed by atoms with E-state index in [1.54, 1.807) is 37.4 Å². The van der Waals surface area contributed by atoms with Gasteiger partial charge in [0.25, 0.3) is 0 Å². The number of aromatic nitrogens is 2. The first kappa shape index (κ1) is 13.0. The number of hydrogen-bond donors (Lipinski definition) is 3. The maximum atomic E-state index is 10.9. The molecule has 0 unspecified atom stereocenters. The van der Waals surface area contributed by atoms with Crippen LogP contribution in [0.2, 0.25) is 0 Å². The molecule has 0 bridgehead atoms. The summed E-state index contributed by atoms with van der Waals surface area (Å²) in [5.74, 6) is -0.409. The van der Waals surface area contributed by atoms with Gasteiger partial charge in [-0.05, 0) is 24.3 Å². The predicted molar refractivity (Wildman–Crippen MR) is 76.7 cm³/mol. The van der Waals surface area contributed by atoms with Crippen molar-refractivity contribution >= 4 is 16.7 Å². The third-order valence-corrected chi connectivity index (χ3v) is 3.30. The number of phenolic OH excluding ortho intramolecular Hbond substituents is 1. The number of H-pyrrole nitrogens is 1. The summed E-state index contributed by atoms with van der Waals surface area (Å²) in [6, 6.07) is 10.2. The Morgan fingerprint density at radius 3 is 2.71 bits per heavy atom. The Bertz CT molecular complexity index is 839. The van der Waals surface area contributed by atoms with Crippen LogP contribution >= 0.6 is 0 Å². The Balaban J connectivity index is 2.20. The maximum Gasteiger partial charge on any atom is 0.353 e. The molecule has 0 aliphatic rings. The van der Waals surface area contributed by atoms with E-state index < -0.39 is 5.97 Å². The number of hydrogen-bond acceptors (Lipinski definition) is 4. The number of rotatable bonds is 3. The van der Waals surface area contributed by atoms with Crippen LogP contribution in [0.4, 0.5) is 0 Å². The Labute approximate surface area is 119 Å². The van der Waals surface area contributed by atoms with Crippen LogP contribution < -0.4 is 4.74 Å². The van der Waals surface area contributed by atoms with Crippen LogP contribution in [-0.2, 0) is 0 Å². The number of methoxy groups -OCH3 is 1. The van der Waals surface area contributed by atoms with E-state index in [2.05, 4.69) is 10.2 Å². The van der Waals surface area contributed by atoms with Gasteiger partial charge >= 0.3 is 5.97 Å². The van der Waals surface area contributed by atoms with Crippen molar-refractivity contribution in [3.63, 3.8) is 0 Å². The topological polar surface area (TPSA) is 95.4 Å². The molecule has 3 rings (SSSR count). The van der Waals surface area contributed by atoms with Crippen molar-refractivity contribution in [3.8, 4) is 22.8 Å². The summed E-state index contributed by atoms with van der Waals surface area (Å²) < 4.78 is 5.25. The standard InChI is InChI=1S/C15H12N2O4/c1-21-13-4-2-3-9-8(13)5-6-10(14(9)18)11-7-12(15(19)20)17-16-11/h2-7,18H,1H3,(H,16,17)(H,19,20). The largest absolute Gasteiger partial charge is 0.507 e. The van der Waals surface area contributed by atoms with Crippen molar-refractivity contribution in [2.75, 3.05) is 7.11 Å². The van der Waals surface area contributed by atoms with Gasteiger partial charge < -0.3 is 14.9 Å². The second-order valence-electron chi connectivity index (χ2n) is 4.49. The number of aromatic hydroxyl groups is 1. The molecule has 0 atom stereocenters. The lowest BCUT2D eigenvalue weighted by Crippen LogP contribution is -1.95. The number of ether oxygens (including phenoxy) is 1. The molecule has 0 aliphatic carbocycles. The monoisotopic (exact) mass is 284 g/mol. The van der Waals surface area contributed by atoms with Gasteiger partial charge in [-0.1, -0.05) is 12.1 Å². The molecule has 0 saturated carbocycles. The molecule has 0 aliphatic heterocycles. The van der Waals surface area contributed by atoms with E-state index in [1.165, 1.54) is 6.07 Å². The molecule has 0 spiro atoms. The molecule has 0 radical (unpaired) electrons. The molecule has 106 valence electrons. The highest BCUT2D eigenvalue weighted by atomic mass is 16.5. The normalized spacial score (nSPS) is 10.7. The van der Waals surface area contributed by atoms with Crippen molar-refractivity contribution in [1.29, 1.82) is 0 Å². The molecule has 0 saturated heterocycles. The van der Waals surface area contributed by atoms with E-state index >= 15 is 0 Å². The van der Waals surface area contributed by atoms with E-state index in [4.69, 9.17) is 9.84 Å².